The molecule has 0 aliphatic carbocycles. The maximum absolute atomic E-state index is 16.1. The molecule has 2 aromatic carbocycles. The minimum Gasteiger partial charge on any atom is -0.467 e. The smallest absolute Gasteiger partial charge is 0.318 e. The number of aromatic nitrogens is 3. The number of hydrogen-bond acceptors (Lipinski definition) is 7. The van der Waals surface area contributed by atoms with Crippen molar-refractivity contribution in [2.75, 3.05) is 44.0 Å². The number of anilines is 2. The Morgan fingerprint density at radius 3 is 2.86 bits per heavy atom. The van der Waals surface area contributed by atoms with Crippen LogP contribution < -0.4 is 15.4 Å². The SMILES string of the molecule is C#Cc1c(F)ccc2cc(N)cc(-c3ncc4c(N5CCOCC(C)C5)nc(OC)nc4c3F)c12. The topological polar surface area (TPSA) is 86.4 Å². The summed E-state index contributed by atoms with van der Waals surface area (Å²) >= 11 is 0. The van der Waals surface area contributed by atoms with E-state index in [1.54, 1.807) is 12.1 Å². The van der Waals surface area contributed by atoms with Gasteiger partial charge in [0.1, 0.15) is 22.8 Å². The summed E-state index contributed by atoms with van der Waals surface area (Å²) in [6, 6.07) is 6.03. The Bertz CT molecular complexity index is 1500. The number of nitrogen functional groups attached to an aromatic ring is 1. The molecule has 0 saturated carbocycles. The van der Waals surface area contributed by atoms with Gasteiger partial charge in [0.05, 0.1) is 31.3 Å². The number of nitrogens with zero attached hydrogens (tertiary/aromatic N) is 4. The maximum atomic E-state index is 16.1. The highest BCUT2D eigenvalue weighted by atomic mass is 19.1. The molecule has 2 aromatic heterocycles. The van der Waals surface area contributed by atoms with E-state index in [1.807, 2.05) is 4.90 Å². The molecule has 178 valence electrons. The molecule has 1 unspecified atom stereocenters. The molecule has 0 amide bonds. The molecule has 1 aliphatic heterocycles. The van der Waals surface area contributed by atoms with E-state index in [9.17, 15) is 4.39 Å². The summed E-state index contributed by atoms with van der Waals surface area (Å²) < 4.78 is 41.6. The fourth-order valence-corrected chi connectivity index (χ4v) is 4.51. The van der Waals surface area contributed by atoms with Gasteiger partial charge in [0.15, 0.2) is 5.82 Å². The van der Waals surface area contributed by atoms with Gasteiger partial charge in [-0.2, -0.15) is 9.97 Å². The molecule has 1 atom stereocenters. The van der Waals surface area contributed by atoms with Gasteiger partial charge in [-0.25, -0.2) is 8.78 Å². The third kappa shape index (κ3) is 3.96. The zero-order chi connectivity index (χ0) is 24.7. The van der Waals surface area contributed by atoms with Gasteiger partial charge >= 0.3 is 6.01 Å². The Morgan fingerprint density at radius 1 is 1.26 bits per heavy atom. The summed E-state index contributed by atoms with van der Waals surface area (Å²) in [5.41, 5.74) is 6.73. The third-order valence-corrected chi connectivity index (χ3v) is 6.05. The van der Waals surface area contributed by atoms with Crippen molar-refractivity contribution in [2.24, 2.45) is 5.92 Å². The molecule has 0 radical (unpaired) electrons. The van der Waals surface area contributed by atoms with Crippen molar-refractivity contribution < 1.29 is 18.3 Å². The highest BCUT2D eigenvalue weighted by Crippen LogP contribution is 2.38. The average Bonchev–Trinajstić information content (AvgIpc) is 3.07. The average molecular weight is 475 g/mol. The molecule has 1 fully saturated rings. The lowest BCUT2D eigenvalue weighted by molar-refractivity contribution is 0.129. The Balaban J connectivity index is 1.78. The Kier molecular flexibility index (Phi) is 5.83. The van der Waals surface area contributed by atoms with Crippen molar-refractivity contribution in [2.45, 2.75) is 6.92 Å². The van der Waals surface area contributed by atoms with Crippen LogP contribution in [0.15, 0.2) is 30.5 Å². The quantitative estimate of drug-likeness (QED) is 0.352. The van der Waals surface area contributed by atoms with Crippen LogP contribution in [-0.2, 0) is 4.74 Å². The predicted octanol–water partition coefficient (Wildman–Crippen LogP) is 4.17. The molecular weight excluding hydrogens is 452 g/mol. The minimum atomic E-state index is -0.706. The number of benzene rings is 2. The molecular formula is C26H23F2N5O2. The van der Waals surface area contributed by atoms with Crippen molar-refractivity contribution in [3.05, 3.63) is 47.7 Å². The van der Waals surface area contributed by atoms with Crippen LogP contribution in [0.25, 0.3) is 32.9 Å². The first kappa shape index (κ1) is 22.7. The predicted molar refractivity (Wildman–Crippen MR) is 131 cm³/mol. The van der Waals surface area contributed by atoms with E-state index in [-0.39, 0.29) is 34.3 Å². The Hall–Kier alpha value is -4.03. The highest BCUT2D eigenvalue weighted by molar-refractivity contribution is 6.03. The van der Waals surface area contributed by atoms with E-state index in [1.165, 1.54) is 25.4 Å². The first-order chi connectivity index (χ1) is 16.9. The van der Waals surface area contributed by atoms with Crippen LogP contribution >= 0.6 is 0 Å². The number of methoxy groups -OCH3 is 1. The lowest BCUT2D eigenvalue weighted by atomic mass is 9.95. The summed E-state index contributed by atoms with van der Waals surface area (Å²) in [4.78, 5) is 15.2. The van der Waals surface area contributed by atoms with E-state index in [4.69, 9.17) is 21.6 Å². The molecule has 1 saturated heterocycles. The van der Waals surface area contributed by atoms with Gasteiger partial charge in [-0.15, -0.1) is 6.42 Å². The molecule has 9 heteroatoms. The normalized spacial score (nSPS) is 16.3. The number of rotatable bonds is 3. The molecule has 2 N–H and O–H groups in total. The first-order valence-corrected chi connectivity index (χ1v) is 11.1. The summed E-state index contributed by atoms with van der Waals surface area (Å²) in [6.45, 7) is 4.46. The van der Waals surface area contributed by atoms with Gasteiger partial charge in [-0.3, -0.25) is 4.98 Å². The van der Waals surface area contributed by atoms with Gasteiger partial charge in [0, 0.05) is 35.9 Å². The fraction of sp³-hybridized carbons (Fsp3) is 0.269. The number of nitrogens with two attached hydrogens (primary N) is 1. The third-order valence-electron chi connectivity index (χ3n) is 6.05. The number of pyridine rings is 1. The number of terminal acetylenes is 1. The van der Waals surface area contributed by atoms with Crippen molar-refractivity contribution in [3.63, 3.8) is 0 Å². The molecule has 1 aliphatic rings. The van der Waals surface area contributed by atoms with E-state index < -0.39 is 11.6 Å². The number of halogens is 2. The van der Waals surface area contributed by atoms with Crippen LogP contribution in [-0.4, -0.2) is 48.4 Å². The van der Waals surface area contributed by atoms with Crippen LogP contribution in [0.3, 0.4) is 0 Å². The minimum absolute atomic E-state index is 0.0123. The van der Waals surface area contributed by atoms with Crippen molar-refractivity contribution >= 4 is 33.2 Å². The molecule has 0 spiro atoms. The van der Waals surface area contributed by atoms with Crippen LogP contribution in [0.1, 0.15) is 12.5 Å². The lowest BCUT2D eigenvalue weighted by Gasteiger charge is -2.24. The largest absolute Gasteiger partial charge is 0.467 e. The molecule has 7 nitrogen and oxygen atoms in total. The van der Waals surface area contributed by atoms with E-state index in [0.717, 1.165) is 0 Å². The van der Waals surface area contributed by atoms with Gasteiger partial charge in [0.25, 0.3) is 0 Å². The molecule has 4 aromatic rings. The monoisotopic (exact) mass is 475 g/mol. The van der Waals surface area contributed by atoms with Gasteiger partial charge in [-0.1, -0.05) is 18.9 Å². The summed E-state index contributed by atoms with van der Waals surface area (Å²) in [6.07, 6.45) is 7.12. The van der Waals surface area contributed by atoms with E-state index in [2.05, 4.69) is 27.8 Å². The zero-order valence-corrected chi connectivity index (χ0v) is 19.3. The summed E-state index contributed by atoms with van der Waals surface area (Å²) in [7, 11) is 1.42. The standard InChI is InChI=1S/C26H23F2N5O2/c1-4-17-20(27)6-5-15-9-16(29)10-18(21(15)17)23-22(28)24-19(11-30-23)25(32-26(31-24)34-3)33-7-8-35-13-14(2)12-33/h1,5-6,9-11,14H,7-8,12-13,29H2,2-3H3. The van der Waals surface area contributed by atoms with E-state index in [0.29, 0.717) is 54.0 Å². The molecule has 0 bridgehead atoms. The van der Waals surface area contributed by atoms with Crippen LogP contribution in [0.2, 0.25) is 0 Å². The van der Waals surface area contributed by atoms with Gasteiger partial charge in [0.2, 0.25) is 0 Å². The molecule has 35 heavy (non-hydrogen) atoms. The summed E-state index contributed by atoms with van der Waals surface area (Å²) in [5.74, 6) is 1.84. The van der Waals surface area contributed by atoms with Gasteiger partial charge in [-0.05, 0) is 29.5 Å². The summed E-state index contributed by atoms with van der Waals surface area (Å²) in [5, 5.41) is 1.36. The number of fused-ring (bicyclic) bond motifs is 2. The maximum Gasteiger partial charge on any atom is 0.318 e. The second-order valence-corrected chi connectivity index (χ2v) is 8.58. The van der Waals surface area contributed by atoms with Crippen LogP contribution in [0.4, 0.5) is 20.3 Å². The van der Waals surface area contributed by atoms with Crippen LogP contribution in [0, 0.1) is 29.9 Å². The Morgan fingerprint density at radius 2 is 2.09 bits per heavy atom. The second-order valence-electron chi connectivity index (χ2n) is 8.58. The number of hydrogen-bond donors (Lipinski definition) is 1. The van der Waals surface area contributed by atoms with E-state index >= 15 is 4.39 Å². The van der Waals surface area contributed by atoms with Crippen molar-refractivity contribution in [3.8, 4) is 29.6 Å². The lowest BCUT2D eigenvalue weighted by Crippen LogP contribution is -2.30. The molecule has 5 rings (SSSR count). The highest BCUT2D eigenvalue weighted by Gasteiger charge is 2.24. The van der Waals surface area contributed by atoms with Gasteiger partial charge < -0.3 is 20.1 Å². The van der Waals surface area contributed by atoms with Crippen LogP contribution in [0.5, 0.6) is 6.01 Å². The zero-order valence-electron chi connectivity index (χ0n) is 19.3. The Labute approximate surface area is 200 Å². The fourth-order valence-electron chi connectivity index (χ4n) is 4.51. The molecule has 3 heterocycles. The van der Waals surface area contributed by atoms with Crippen molar-refractivity contribution in [1.82, 2.24) is 15.0 Å². The van der Waals surface area contributed by atoms with Crippen molar-refractivity contribution in [1.29, 1.82) is 0 Å². The second kappa shape index (κ2) is 8.96. The number of ether oxygens (including phenoxy) is 2. The first-order valence-electron chi connectivity index (χ1n) is 11.1.